The van der Waals surface area contributed by atoms with E-state index in [0.717, 1.165) is 43.0 Å². The molecule has 0 amide bonds. The summed E-state index contributed by atoms with van der Waals surface area (Å²) < 4.78 is 17.8. The van der Waals surface area contributed by atoms with Crippen molar-refractivity contribution in [1.29, 1.82) is 0 Å². The number of aryl methyl sites for hydroxylation is 1. The highest BCUT2D eigenvalue weighted by Gasteiger charge is 2.32. The summed E-state index contributed by atoms with van der Waals surface area (Å²) in [6.07, 6.45) is 0.477. The zero-order chi connectivity index (χ0) is 30.2. The molecule has 10 heteroatoms. The second-order valence-electron chi connectivity index (χ2n) is 10.7. The molecular weight excluding hydrogens is 574 g/mol. The van der Waals surface area contributed by atoms with E-state index in [9.17, 15) is 9.90 Å². The average Bonchev–Trinajstić information content (AvgIpc) is 3.38. The molecular formula is C32H30ClN3O5S. The van der Waals surface area contributed by atoms with E-state index in [4.69, 9.17) is 30.8 Å². The number of carboxylic acids is 1. The molecule has 0 unspecified atom stereocenters. The molecule has 0 aliphatic rings. The molecule has 1 N–H and O–H groups in total. The molecule has 0 fully saturated rings. The normalized spacial score (nSPS) is 12.4. The van der Waals surface area contributed by atoms with E-state index in [0.29, 0.717) is 27.8 Å². The summed E-state index contributed by atoms with van der Waals surface area (Å²) in [6, 6.07) is 16.8. The minimum atomic E-state index is -1.19. The zero-order valence-electron chi connectivity index (χ0n) is 24.1. The standard InChI is InChI=1S/C32H30ClN3O5S/c1-17-13-23-29(27(18-7-10-21(33)11-8-18)26(17)28(31(37)38)41-32(2,3)4)42-30(35-23)20-14-22(36-34-16-20)19-9-12-24(39-5)25(15-19)40-6/h7-16,28H,1-6H3,(H,37,38)/t28-/m0/s1. The van der Waals surface area contributed by atoms with Gasteiger partial charge in [0.15, 0.2) is 17.6 Å². The average molecular weight is 604 g/mol. The highest BCUT2D eigenvalue weighted by atomic mass is 35.5. The zero-order valence-corrected chi connectivity index (χ0v) is 25.6. The van der Waals surface area contributed by atoms with Crippen LogP contribution in [0.4, 0.5) is 0 Å². The molecule has 5 aromatic rings. The van der Waals surface area contributed by atoms with Crippen molar-refractivity contribution in [2.75, 3.05) is 14.2 Å². The molecule has 2 aromatic heterocycles. The van der Waals surface area contributed by atoms with E-state index < -0.39 is 17.7 Å². The van der Waals surface area contributed by atoms with Crippen LogP contribution in [0.2, 0.25) is 5.02 Å². The first-order valence-electron chi connectivity index (χ1n) is 13.1. The Hall–Kier alpha value is -4.05. The van der Waals surface area contributed by atoms with Crippen LogP contribution in [-0.4, -0.2) is 46.1 Å². The third kappa shape index (κ3) is 5.94. The second kappa shape index (κ2) is 11.7. The van der Waals surface area contributed by atoms with Crippen LogP contribution in [0.5, 0.6) is 11.5 Å². The number of ether oxygens (including phenoxy) is 3. The van der Waals surface area contributed by atoms with Crippen molar-refractivity contribution in [3.05, 3.63) is 76.9 Å². The fraction of sp³-hybridized carbons (Fsp3) is 0.250. The molecule has 3 aromatic carbocycles. The van der Waals surface area contributed by atoms with Gasteiger partial charge in [0.25, 0.3) is 0 Å². The van der Waals surface area contributed by atoms with Gasteiger partial charge in [-0.15, -0.1) is 11.3 Å². The van der Waals surface area contributed by atoms with Crippen molar-refractivity contribution in [2.24, 2.45) is 0 Å². The molecule has 0 saturated carbocycles. The summed E-state index contributed by atoms with van der Waals surface area (Å²) in [5, 5.41) is 20.2. The molecule has 0 saturated heterocycles. The fourth-order valence-electron chi connectivity index (χ4n) is 4.78. The van der Waals surface area contributed by atoms with Crippen LogP contribution in [0.25, 0.3) is 43.2 Å². The number of nitrogens with zero attached hydrogens (tertiary/aromatic N) is 3. The summed E-state index contributed by atoms with van der Waals surface area (Å²) in [5.74, 6) is 0.140. The van der Waals surface area contributed by atoms with Gasteiger partial charge in [-0.3, -0.25) is 0 Å². The Morgan fingerprint density at radius 1 is 0.952 bits per heavy atom. The van der Waals surface area contributed by atoms with E-state index >= 15 is 0 Å². The molecule has 0 radical (unpaired) electrons. The van der Waals surface area contributed by atoms with Gasteiger partial charge >= 0.3 is 5.97 Å². The minimum absolute atomic E-state index is 0.584. The van der Waals surface area contributed by atoms with Gasteiger partial charge in [0.05, 0.1) is 41.9 Å². The van der Waals surface area contributed by atoms with Crippen LogP contribution in [0, 0.1) is 6.92 Å². The monoisotopic (exact) mass is 603 g/mol. The van der Waals surface area contributed by atoms with Crippen molar-refractivity contribution >= 4 is 39.1 Å². The molecule has 216 valence electrons. The number of aliphatic carboxylic acids is 1. The third-order valence-electron chi connectivity index (χ3n) is 6.60. The van der Waals surface area contributed by atoms with Gasteiger partial charge in [0.2, 0.25) is 0 Å². The topological polar surface area (TPSA) is 104 Å². The van der Waals surface area contributed by atoms with Gasteiger partial charge in [-0.05, 0) is 81.3 Å². The van der Waals surface area contributed by atoms with Gasteiger partial charge < -0.3 is 19.3 Å². The quantitative estimate of drug-likeness (QED) is 0.190. The van der Waals surface area contributed by atoms with Gasteiger partial charge in [-0.1, -0.05) is 23.7 Å². The first-order chi connectivity index (χ1) is 20.0. The Morgan fingerprint density at radius 3 is 2.29 bits per heavy atom. The third-order valence-corrected chi connectivity index (χ3v) is 7.99. The first-order valence-corrected chi connectivity index (χ1v) is 14.3. The predicted molar refractivity (Wildman–Crippen MR) is 166 cm³/mol. The molecule has 0 bridgehead atoms. The smallest absolute Gasteiger partial charge is 0.337 e. The molecule has 8 nitrogen and oxygen atoms in total. The summed E-state index contributed by atoms with van der Waals surface area (Å²) in [7, 11) is 3.17. The number of methoxy groups -OCH3 is 2. The molecule has 1 atom stereocenters. The van der Waals surface area contributed by atoms with Gasteiger partial charge in [-0.25, -0.2) is 9.78 Å². The summed E-state index contributed by atoms with van der Waals surface area (Å²) in [5.41, 5.74) is 5.21. The van der Waals surface area contributed by atoms with Gasteiger partial charge in [0.1, 0.15) is 5.01 Å². The van der Waals surface area contributed by atoms with Crippen molar-refractivity contribution < 1.29 is 24.1 Å². The van der Waals surface area contributed by atoms with Crippen molar-refractivity contribution in [1.82, 2.24) is 15.2 Å². The van der Waals surface area contributed by atoms with E-state index in [1.807, 2.05) is 70.2 Å². The lowest BCUT2D eigenvalue weighted by Crippen LogP contribution is -2.28. The van der Waals surface area contributed by atoms with E-state index in [1.165, 1.54) is 11.3 Å². The fourth-order valence-corrected chi connectivity index (χ4v) is 6.01. The molecule has 42 heavy (non-hydrogen) atoms. The summed E-state index contributed by atoms with van der Waals surface area (Å²) in [4.78, 5) is 17.6. The number of halogens is 1. The number of fused-ring (bicyclic) bond motifs is 1. The molecule has 0 aliphatic heterocycles. The van der Waals surface area contributed by atoms with E-state index in [2.05, 4.69) is 10.2 Å². The lowest BCUT2D eigenvalue weighted by Gasteiger charge is -2.28. The van der Waals surface area contributed by atoms with Crippen LogP contribution in [0.15, 0.2) is 60.8 Å². The lowest BCUT2D eigenvalue weighted by atomic mass is 9.91. The summed E-state index contributed by atoms with van der Waals surface area (Å²) >= 11 is 7.68. The largest absolute Gasteiger partial charge is 0.493 e. The number of hydrogen-bond acceptors (Lipinski definition) is 8. The minimum Gasteiger partial charge on any atom is -0.493 e. The Balaban J connectivity index is 1.70. The molecule has 2 heterocycles. The number of thiazole rings is 1. The first kappa shape index (κ1) is 29.4. The van der Waals surface area contributed by atoms with Crippen LogP contribution in [0.1, 0.15) is 38.0 Å². The predicted octanol–water partition coefficient (Wildman–Crippen LogP) is 8.01. The highest BCUT2D eigenvalue weighted by molar-refractivity contribution is 7.22. The Bertz CT molecular complexity index is 1780. The van der Waals surface area contributed by atoms with Crippen molar-refractivity contribution in [3.8, 4) is 44.5 Å². The maximum atomic E-state index is 12.6. The van der Waals surface area contributed by atoms with Crippen LogP contribution in [-0.2, 0) is 9.53 Å². The van der Waals surface area contributed by atoms with E-state index in [-0.39, 0.29) is 0 Å². The SMILES string of the molecule is COc1ccc(-c2cc(-c3nc4cc(C)c([C@H](OC(C)(C)C)C(=O)O)c(-c5ccc(Cl)cc5)c4s3)cnn2)cc1OC. The number of hydrogen-bond donors (Lipinski definition) is 1. The second-order valence-corrected chi connectivity index (χ2v) is 12.1. The maximum absolute atomic E-state index is 12.6. The Labute approximate surface area is 252 Å². The molecule has 0 aliphatic carbocycles. The van der Waals surface area contributed by atoms with Gasteiger partial charge in [0, 0.05) is 27.3 Å². The maximum Gasteiger partial charge on any atom is 0.337 e. The van der Waals surface area contributed by atoms with Crippen LogP contribution < -0.4 is 9.47 Å². The van der Waals surface area contributed by atoms with Crippen LogP contribution >= 0.6 is 22.9 Å². The lowest BCUT2D eigenvalue weighted by molar-refractivity contribution is -0.160. The number of carbonyl (C=O) groups is 1. The van der Waals surface area contributed by atoms with Crippen LogP contribution in [0.3, 0.4) is 0 Å². The number of rotatable bonds is 8. The van der Waals surface area contributed by atoms with Crippen molar-refractivity contribution in [2.45, 2.75) is 39.4 Å². The highest BCUT2D eigenvalue weighted by Crippen LogP contribution is 2.44. The van der Waals surface area contributed by atoms with E-state index in [1.54, 1.807) is 32.5 Å². The number of aromatic nitrogens is 3. The Morgan fingerprint density at radius 2 is 1.64 bits per heavy atom. The van der Waals surface area contributed by atoms with Crippen molar-refractivity contribution in [3.63, 3.8) is 0 Å². The van der Waals surface area contributed by atoms with Gasteiger partial charge in [-0.2, -0.15) is 10.2 Å². The molecule has 5 rings (SSSR count). The number of benzene rings is 3. The number of carboxylic acid groups (broad SMARTS) is 1. The molecule has 0 spiro atoms. The Kier molecular flexibility index (Phi) is 8.19. The summed E-state index contributed by atoms with van der Waals surface area (Å²) in [6.45, 7) is 7.42.